The molecule has 0 fully saturated rings. The number of hydrogen-bond acceptors (Lipinski definition) is 4. The molecule has 1 aromatic heterocycles. The molecule has 0 unspecified atom stereocenters. The molecule has 3 nitrogen and oxygen atoms in total. The van der Waals surface area contributed by atoms with Gasteiger partial charge in [0.15, 0.2) is 0 Å². The highest BCUT2D eigenvalue weighted by Crippen LogP contribution is 2.29. The van der Waals surface area contributed by atoms with Crippen molar-refractivity contribution in [3.05, 3.63) is 35.0 Å². The van der Waals surface area contributed by atoms with E-state index in [9.17, 15) is 14.6 Å². The van der Waals surface area contributed by atoms with Crippen molar-refractivity contribution in [3.63, 3.8) is 0 Å². The van der Waals surface area contributed by atoms with Gasteiger partial charge in [-0.15, -0.1) is 11.3 Å². The number of halogens is 1. The largest absolute Gasteiger partial charge is 0.353 e. The summed E-state index contributed by atoms with van der Waals surface area (Å²) < 4.78 is 13.8. The first kappa shape index (κ1) is 12.4. The molecule has 0 aliphatic rings. The van der Waals surface area contributed by atoms with E-state index in [4.69, 9.17) is 0 Å². The van der Waals surface area contributed by atoms with E-state index in [0.717, 1.165) is 15.6 Å². The number of benzene rings is 1. The molecule has 17 heavy (non-hydrogen) atoms. The van der Waals surface area contributed by atoms with Gasteiger partial charge in [0.2, 0.25) is 5.91 Å². The molecule has 0 saturated carbocycles. The minimum absolute atomic E-state index is 0.0889. The maximum atomic E-state index is 13.0. The van der Waals surface area contributed by atoms with E-state index in [0.29, 0.717) is 0 Å². The Morgan fingerprint density at radius 2 is 2.06 bits per heavy atom. The number of nitrogens with zero attached hydrogens (tertiary/aromatic N) is 1. The number of likely N-dealkylation sites (N-methyl/N-ethyl adjacent to an activating group) is 1. The zero-order chi connectivity index (χ0) is 12.6. The van der Waals surface area contributed by atoms with Crippen molar-refractivity contribution in [1.82, 2.24) is 4.90 Å². The summed E-state index contributed by atoms with van der Waals surface area (Å²) >= 11 is 1.40. The van der Waals surface area contributed by atoms with E-state index < -0.39 is 5.91 Å². The Labute approximate surface area is 103 Å². The predicted octanol–water partition coefficient (Wildman–Crippen LogP) is 1.78. The summed E-state index contributed by atoms with van der Waals surface area (Å²) in [6, 6.07) is 4.50. The lowest BCUT2D eigenvalue weighted by atomic mass is 10.1. The van der Waals surface area contributed by atoms with Crippen LogP contribution < -0.4 is 0 Å². The van der Waals surface area contributed by atoms with Crippen molar-refractivity contribution in [3.8, 4) is 0 Å². The van der Waals surface area contributed by atoms with Crippen LogP contribution in [-0.2, 0) is 6.42 Å². The first-order valence-electron chi connectivity index (χ1n) is 5.18. The fraction of sp³-hybridized carbons (Fsp3) is 0.333. The second-order valence-corrected chi connectivity index (χ2v) is 5.16. The van der Waals surface area contributed by atoms with Gasteiger partial charge in [0.1, 0.15) is 5.82 Å². The lowest BCUT2D eigenvalue weighted by Crippen LogP contribution is -2.45. The van der Waals surface area contributed by atoms with Gasteiger partial charge in [-0.3, -0.25) is 4.90 Å². The summed E-state index contributed by atoms with van der Waals surface area (Å²) in [5, 5.41) is 22.3. The van der Waals surface area contributed by atoms with Crippen molar-refractivity contribution >= 4 is 21.4 Å². The SMILES string of the molecule is CN(C)C(O)(O)Cc1csc2cc(F)ccc12. The number of fused-ring (bicyclic) bond motifs is 1. The number of aliphatic hydroxyl groups is 2. The van der Waals surface area contributed by atoms with E-state index in [1.165, 1.54) is 28.4 Å². The standard InChI is InChI=1S/C12H14FNO2S/c1-14(2)12(15,16)6-8-7-17-11-5-9(13)3-4-10(8)11/h3-5,7,15-16H,6H2,1-2H3. The molecule has 5 heteroatoms. The van der Waals surface area contributed by atoms with E-state index in [1.54, 1.807) is 20.2 Å². The summed E-state index contributed by atoms with van der Waals surface area (Å²) in [6.45, 7) is 0. The molecule has 0 aliphatic heterocycles. The molecular formula is C12H14FNO2S. The number of thiophene rings is 1. The first-order valence-corrected chi connectivity index (χ1v) is 6.06. The van der Waals surface area contributed by atoms with Crippen LogP contribution in [0.15, 0.2) is 23.6 Å². The maximum absolute atomic E-state index is 13.0. The number of hydrogen-bond donors (Lipinski definition) is 2. The van der Waals surface area contributed by atoms with Gasteiger partial charge in [0.05, 0.1) is 0 Å². The van der Waals surface area contributed by atoms with Crippen molar-refractivity contribution < 1.29 is 14.6 Å². The third-order valence-corrected chi connectivity index (χ3v) is 3.76. The Morgan fingerprint density at radius 1 is 1.35 bits per heavy atom. The third-order valence-electron chi connectivity index (χ3n) is 2.76. The van der Waals surface area contributed by atoms with Gasteiger partial charge < -0.3 is 10.2 Å². The molecule has 0 aliphatic carbocycles. The molecule has 0 amide bonds. The molecule has 2 aromatic rings. The van der Waals surface area contributed by atoms with Crippen LogP contribution in [0.2, 0.25) is 0 Å². The predicted molar refractivity (Wildman–Crippen MR) is 66.3 cm³/mol. The van der Waals surface area contributed by atoms with Crippen LogP contribution in [0.1, 0.15) is 5.56 Å². The molecule has 0 spiro atoms. The summed E-state index contributed by atoms with van der Waals surface area (Å²) in [6.07, 6.45) is 0.0889. The van der Waals surface area contributed by atoms with Crippen LogP contribution in [0, 0.1) is 5.82 Å². The molecule has 0 saturated heterocycles. The molecule has 2 N–H and O–H groups in total. The minimum atomic E-state index is -1.89. The fourth-order valence-electron chi connectivity index (χ4n) is 1.61. The quantitative estimate of drug-likeness (QED) is 0.822. The van der Waals surface area contributed by atoms with Gasteiger partial charge in [-0.1, -0.05) is 6.07 Å². The highest BCUT2D eigenvalue weighted by atomic mass is 32.1. The van der Waals surface area contributed by atoms with Crippen LogP contribution in [0.5, 0.6) is 0 Å². The van der Waals surface area contributed by atoms with Crippen LogP contribution in [0.3, 0.4) is 0 Å². The summed E-state index contributed by atoms with van der Waals surface area (Å²) in [5.74, 6) is -2.17. The highest BCUT2D eigenvalue weighted by molar-refractivity contribution is 7.17. The zero-order valence-electron chi connectivity index (χ0n) is 9.64. The van der Waals surface area contributed by atoms with Gasteiger partial charge in [0.25, 0.3) is 0 Å². The Morgan fingerprint density at radius 3 is 2.71 bits per heavy atom. The van der Waals surface area contributed by atoms with Crippen molar-refractivity contribution in [2.45, 2.75) is 12.3 Å². The van der Waals surface area contributed by atoms with Crippen LogP contribution in [0.4, 0.5) is 4.39 Å². The Bertz CT molecular complexity index is 536. The average molecular weight is 255 g/mol. The van der Waals surface area contributed by atoms with Crippen LogP contribution >= 0.6 is 11.3 Å². The Hall–Kier alpha value is -1.01. The Kier molecular flexibility index (Phi) is 3.18. The van der Waals surface area contributed by atoms with Gasteiger partial charge in [-0.2, -0.15) is 0 Å². The zero-order valence-corrected chi connectivity index (χ0v) is 10.5. The Balaban J connectivity index is 2.37. The smallest absolute Gasteiger partial charge is 0.228 e. The van der Waals surface area contributed by atoms with Crippen molar-refractivity contribution in [2.75, 3.05) is 14.1 Å². The fourth-order valence-corrected chi connectivity index (χ4v) is 2.59. The summed E-state index contributed by atoms with van der Waals surface area (Å²) in [7, 11) is 3.18. The molecule has 92 valence electrons. The molecule has 0 atom stereocenters. The lowest BCUT2D eigenvalue weighted by Gasteiger charge is -2.28. The lowest BCUT2D eigenvalue weighted by molar-refractivity contribution is -0.247. The van der Waals surface area contributed by atoms with Gasteiger partial charge in [-0.05, 0) is 42.6 Å². The molecule has 1 aromatic carbocycles. The van der Waals surface area contributed by atoms with Crippen LogP contribution in [-0.4, -0.2) is 35.1 Å². The van der Waals surface area contributed by atoms with Crippen molar-refractivity contribution in [1.29, 1.82) is 0 Å². The van der Waals surface area contributed by atoms with Crippen LogP contribution in [0.25, 0.3) is 10.1 Å². The van der Waals surface area contributed by atoms with Gasteiger partial charge >= 0.3 is 0 Å². The van der Waals surface area contributed by atoms with E-state index >= 15 is 0 Å². The minimum Gasteiger partial charge on any atom is -0.353 e. The second kappa shape index (κ2) is 4.34. The molecule has 2 rings (SSSR count). The molecule has 0 bridgehead atoms. The van der Waals surface area contributed by atoms with E-state index in [-0.39, 0.29) is 12.2 Å². The molecule has 1 heterocycles. The average Bonchev–Trinajstić information content (AvgIpc) is 2.60. The molecule has 0 radical (unpaired) electrons. The highest BCUT2D eigenvalue weighted by Gasteiger charge is 2.27. The second-order valence-electron chi connectivity index (χ2n) is 4.25. The normalized spacial score (nSPS) is 12.6. The first-order chi connectivity index (χ1) is 7.90. The van der Waals surface area contributed by atoms with Crippen molar-refractivity contribution in [2.24, 2.45) is 0 Å². The summed E-state index contributed by atoms with van der Waals surface area (Å²) in [4.78, 5) is 1.33. The van der Waals surface area contributed by atoms with E-state index in [2.05, 4.69) is 0 Å². The maximum Gasteiger partial charge on any atom is 0.228 e. The van der Waals surface area contributed by atoms with Gasteiger partial charge in [-0.25, -0.2) is 4.39 Å². The summed E-state index contributed by atoms with van der Waals surface area (Å²) in [5.41, 5.74) is 0.809. The van der Waals surface area contributed by atoms with Gasteiger partial charge in [0, 0.05) is 11.1 Å². The number of rotatable bonds is 3. The van der Waals surface area contributed by atoms with E-state index in [1.807, 2.05) is 5.38 Å². The topological polar surface area (TPSA) is 43.7 Å². The third kappa shape index (κ3) is 2.47. The monoisotopic (exact) mass is 255 g/mol. The molecular weight excluding hydrogens is 241 g/mol.